The minimum Gasteiger partial charge on any atom is -0.471 e. The van der Waals surface area contributed by atoms with Gasteiger partial charge in [-0.15, -0.1) is 17.9 Å². The van der Waals surface area contributed by atoms with Gasteiger partial charge in [0.05, 0.1) is 22.9 Å². The lowest BCUT2D eigenvalue weighted by atomic mass is 9.85. The number of benzene rings is 3. The first-order valence-electron chi connectivity index (χ1n) is 19.6. The summed E-state index contributed by atoms with van der Waals surface area (Å²) in [6.07, 6.45) is -3.18. The van der Waals surface area contributed by atoms with Gasteiger partial charge in [-0.1, -0.05) is 63.2 Å². The van der Waals surface area contributed by atoms with Gasteiger partial charge in [-0.3, -0.25) is 19.1 Å². The third-order valence-corrected chi connectivity index (χ3v) is 14.3. The molecule has 2 aliphatic carbocycles. The molecule has 12 nitrogen and oxygen atoms in total. The van der Waals surface area contributed by atoms with E-state index in [1.807, 2.05) is 24.3 Å². The highest BCUT2D eigenvalue weighted by Gasteiger charge is 2.62. The Morgan fingerprint density at radius 2 is 1.74 bits per heavy atom. The predicted octanol–water partition coefficient (Wildman–Crippen LogP) is 7.21. The van der Waals surface area contributed by atoms with E-state index in [1.54, 1.807) is 26.8 Å². The van der Waals surface area contributed by atoms with E-state index in [2.05, 4.69) is 21.9 Å². The quantitative estimate of drug-likeness (QED) is 0.0870. The normalized spacial score (nSPS) is 22.1. The molecule has 61 heavy (non-hydrogen) atoms. The lowest BCUT2D eigenvalue weighted by Gasteiger charge is -2.36. The van der Waals surface area contributed by atoms with Crippen molar-refractivity contribution in [1.29, 1.82) is 0 Å². The van der Waals surface area contributed by atoms with Crippen LogP contribution in [0.4, 0.5) is 23.2 Å². The predicted molar refractivity (Wildman–Crippen MR) is 222 cm³/mol. The van der Waals surface area contributed by atoms with Crippen LogP contribution in [0.25, 0.3) is 31.7 Å². The zero-order valence-electron chi connectivity index (χ0n) is 33.3. The molecule has 2 aromatic heterocycles. The molecule has 8 rings (SSSR count). The fourth-order valence-corrected chi connectivity index (χ4v) is 10.1. The monoisotopic (exact) mass is 878 g/mol. The van der Waals surface area contributed by atoms with Gasteiger partial charge >= 0.3 is 6.18 Å². The maximum absolute atomic E-state index is 14.8. The molecule has 5 atom stereocenters. The summed E-state index contributed by atoms with van der Waals surface area (Å²) in [6, 6.07) is 15.2. The highest BCUT2D eigenvalue weighted by atomic mass is 32.2. The van der Waals surface area contributed by atoms with Crippen molar-refractivity contribution in [3.63, 3.8) is 0 Å². The maximum Gasteiger partial charge on any atom is 0.416 e. The van der Waals surface area contributed by atoms with Crippen LogP contribution in [-0.4, -0.2) is 76.5 Å². The number of likely N-dealkylation sites (tertiary alicyclic amines) is 1. The molecule has 1 saturated heterocycles. The average Bonchev–Trinajstić information content (AvgIpc) is 4.11. The lowest BCUT2D eigenvalue weighted by molar-refractivity contribution is -0.141. The van der Waals surface area contributed by atoms with Crippen molar-refractivity contribution >= 4 is 65.1 Å². The first-order valence-corrected chi connectivity index (χ1v) is 22.0. The van der Waals surface area contributed by atoms with Gasteiger partial charge in [0.25, 0.3) is 5.91 Å². The Morgan fingerprint density at radius 3 is 2.38 bits per heavy atom. The van der Waals surface area contributed by atoms with E-state index in [9.17, 15) is 40.4 Å². The van der Waals surface area contributed by atoms with Crippen LogP contribution in [0.1, 0.15) is 52.0 Å². The Kier molecular flexibility index (Phi) is 10.6. The molecule has 0 bridgehead atoms. The fourth-order valence-electron chi connectivity index (χ4n) is 7.69. The molecule has 5 aromatic rings. The number of hydrogen-bond acceptors (Lipinski definition) is 10. The van der Waals surface area contributed by atoms with Gasteiger partial charge in [0.15, 0.2) is 5.82 Å². The largest absolute Gasteiger partial charge is 0.471 e. The number of halogens is 4. The molecule has 0 radical (unpaired) electrons. The van der Waals surface area contributed by atoms with Crippen LogP contribution < -0.4 is 20.1 Å². The Hall–Kier alpha value is -5.62. The third-order valence-electron chi connectivity index (χ3n) is 11.3. The van der Waals surface area contributed by atoms with E-state index < -0.39 is 85.6 Å². The topological polar surface area (TPSA) is 160 Å². The van der Waals surface area contributed by atoms with Crippen LogP contribution >= 0.6 is 11.3 Å². The number of anilines is 1. The Labute approximate surface area is 352 Å². The number of fused-ring (bicyclic) bond motifs is 3. The van der Waals surface area contributed by atoms with Crippen molar-refractivity contribution in [2.75, 3.05) is 11.9 Å². The summed E-state index contributed by atoms with van der Waals surface area (Å²) in [5, 5.41) is 5.98. The number of hydrogen-bond donors (Lipinski definition) is 3. The SMILES string of the molecule is C=C[C@@H]1C[C@]1(NC(=O)[C@@H]1C[C@@H](Oc2nc(-c3ccc(C(F)(F)F)cc3)nc3c2sc2ccccc23)CN1C(=O)[C@@H](Nc1cccc(F)c1)C(C)(C)C)C(=O)NS(=O)(=O)C1CC1. The van der Waals surface area contributed by atoms with Crippen LogP contribution in [0.15, 0.2) is 85.5 Å². The first kappa shape index (κ1) is 42.1. The average molecular weight is 879 g/mol. The molecule has 320 valence electrons. The minimum absolute atomic E-state index is 0.0815. The van der Waals surface area contributed by atoms with Crippen molar-refractivity contribution in [2.24, 2.45) is 11.3 Å². The zero-order chi connectivity index (χ0) is 43.6. The van der Waals surface area contributed by atoms with Gasteiger partial charge < -0.3 is 20.3 Å². The van der Waals surface area contributed by atoms with Crippen LogP contribution in [0.2, 0.25) is 0 Å². The number of carbonyl (C=O) groups excluding carboxylic acids is 3. The number of rotatable bonds is 12. The Bertz CT molecular complexity index is 2680. The highest BCUT2D eigenvalue weighted by Crippen LogP contribution is 2.46. The molecule has 3 heterocycles. The van der Waals surface area contributed by atoms with Gasteiger partial charge in [-0.2, -0.15) is 18.2 Å². The summed E-state index contributed by atoms with van der Waals surface area (Å²) in [5.41, 5.74) is -2.16. The van der Waals surface area contributed by atoms with Gasteiger partial charge in [0.2, 0.25) is 27.7 Å². The number of nitrogens with one attached hydrogen (secondary N) is 3. The number of sulfonamides is 1. The molecule has 2 saturated carbocycles. The van der Waals surface area contributed by atoms with Crippen molar-refractivity contribution in [3.05, 3.63) is 96.8 Å². The first-order chi connectivity index (χ1) is 28.8. The second kappa shape index (κ2) is 15.4. The molecular formula is C43H42F4N6O6S2. The molecule has 3 N–H and O–H groups in total. The number of nitrogens with zero attached hydrogens (tertiary/aromatic N) is 3. The van der Waals surface area contributed by atoms with Crippen LogP contribution in [0.3, 0.4) is 0 Å². The van der Waals surface area contributed by atoms with Crippen LogP contribution in [-0.2, 0) is 30.6 Å². The van der Waals surface area contributed by atoms with Gasteiger partial charge in [0, 0.05) is 33.7 Å². The highest BCUT2D eigenvalue weighted by molar-refractivity contribution is 7.91. The third kappa shape index (κ3) is 8.39. The molecular weight excluding hydrogens is 837 g/mol. The van der Waals surface area contributed by atoms with E-state index in [0.717, 1.165) is 22.2 Å². The van der Waals surface area contributed by atoms with E-state index >= 15 is 0 Å². The Balaban J connectivity index is 1.15. The summed E-state index contributed by atoms with van der Waals surface area (Å²) >= 11 is 1.34. The van der Waals surface area contributed by atoms with Gasteiger partial charge in [0.1, 0.15) is 34.2 Å². The molecule has 3 aliphatic rings. The van der Waals surface area contributed by atoms with Gasteiger partial charge in [-0.25, -0.2) is 17.8 Å². The smallest absolute Gasteiger partial charge is 0.416 e. The summed E-state index contributed by atoms with van der Waals surface area (Å²) in [7, 11) is -3.97. The van der Waals surface area contributed by atoms with Crippen molar-refractivity contribution in [1.82, 2.24) is 24.9 Å². The Morgan fingerprint density at radius 1 is 1.02 bits per heavy atom. The standard InChI is InChI=1S/C43H42F4N6O6S2/c1-5-24-21-42(24,40(56)52-61(57,58)29-17-18-29)51-37(54)31-20-28(22-53(31)39(55)35(41(2,3)4)48-27-10-8-9-26(44)19-27)59-38-34-33(30-11-6-7-12-32(30)60-34)49-36(50-38)23-13-15-25(16-14-23)43(45,46)47/h5-16,19,24,28-29,31,35,48H,1,17-18,20-22H2,2-4H3,(H,51,54)(H,52,56)/t24-,28-,31+,35-,42-/m1/s1. The zero-order valence-corrected chi connectivity index (χ0v) is 34.9. The van der Waals surface area contributed by atoms with E-state index in [-0.39, 0.29) is 31.1 Å². The number of carbonyl (C=O) groups is 3. The number of thiophene rings is 1. The van der Waals surface area contributed by atoms with E-state index in [4.69, 9.17) is 14.7 Å². The van der Waals surface area contributed by atoms with Crippen LogP contribution in [0, 0.1) is 17.2 Å². The molecule has 0 unspecified atom stereocenters. The fraction of sp³-hybridized carbons (Fsp3) is 0.372. The number of ether oxygens (including phenoxy) is 1. The molecule has 3 aromatic carbocycles. The molecule has 3 fully saturated rings. The van der Waals surface area contributed by atoms with Crippen molar-refractivity contribution in [3.8, 4) is 17.3 Å². The summed E-state index contributed by atoms with van der Waals surface area (Å²) in [4.78, 5) is 53.8. The van der Waals surface area contributed by atoms with Crippen LogP contribution in [0.5, 0.6) is 5.88 Å². The van der Waals surface area contributed by atoms with Gasteiger partial charge in [-0.05, 0) is 61.1 Å². The summed E-state index contributed by atoms with van der Waals surface area (Å²) < 4.78 is 90.5. The molecule has 1 aliphatic heterocycles. The molecule has 3 amide bonds. The summed E-state index contributed by atoms with van der Waals surface area (Å²) in [5.74, 6) is -3.11. The summed E-state index contributed by atoms with van der Waals surface area (Å²) in [6.45, 7) is 9.04. The van der Waals surface area contributed by atoms with Crippen molar-refractivity contribution in [2.45, 2.75) is 81.6 Å². The second-order valence-electron chi connectivity index (χ2n) is 16.8. The lowest BCUT2D eigenvalue weighted by Crippen LogP contribution is -2.58. The molecule has 0 spiro atoms. The number of alkyl halides is 3. The van der Waals surface area contributed by atoms with E-state index in [1.165, 1.54) is 52.6 Å². The minimum atomic E-state index is -4.56. The second-order valence-corrected chi connectivity index (χ2v) is 19.8. The number of aromatic nitrogens is 2. The molecule has 18 heteroatoms. The van der Waals surface area contributed by atoms with Crippen molar-refractivity contribution < 1.29 is 45.1 Å². The number of amides is 3. The maximum atomic E-state index is 14.8. The van der Waals surface area contributed by atoms with E-state index in [0.29, 0.717) is 34.3 Å².